The Morgan fingerprint density at radius 1 is 0.595 bits per heavy atom. The van der Waals surface area contributed by atoms with Crippen LogP contribution in [0.5, 0.6) is 0 Å². The maximum absolute atomic E-state index is 9.10. The molecule has 5 rings (SSSR count). The fourth-order valence-corrected chi connectivity index (χ4v) is 4.76. The van der Waals surface area contributed by atoms with Crippen molar-refractivity contribution in [1.82, 2.24) is 4.57 Å². The van der Waals surface area contributed by atoms with Gasteiger partial charge < -0.3 is 14.8 Å². The monoisotopic (exact) mass is 491 g/mol. The van der Waals surface area contributed by atoms with Crippen molar-refractivity contribution in [2.24, 2.45) is 0 Å². The van der Waals surface area contributed by atoms with Gasteiger partial charge in [-0.3, -0.25) is 0 Å². The third kappa shape index (κ3) is 5.53. The van der Waals surface area contributed by atoms with Crippen LogP contribution < -0.4 is 9.13 Å². The van der Waals surface area contributed by atoms with Gasteiger partial charge in [-0.25, -0.2) is 9.13 Å². The molecule has 186 valence electrons. The summed E-state index contributed by atoms with van der Waals surface area (Å²) in [5.74, 6) is 0. The summed E-state index contributed by atoms with van der Waals surface area (Å²) in [6, 6.07) is 21.6. The maximum Gasteiger partial charge on any atom is 0.171 e. The molecule has 0 atom stereocenters. The van der Waals surface area contributed by atoms with Crippen LogP contribution in [0.15, 0.2) is 85.5 Å². The molecule has 0 amide bonds. The van der Waals surface area contributed by atoms with Crippen molar-refractivity contribution >= 4 is 46.1 Å². The van der Waals surface area contributed by atoms with Crippen LogP contribution in [0.4, 0.5) is 0 Å². The van der Waals surface area contributed by atoms with Crippen LogP contribution >= 0.6 is 0 Å². The van der Waals surface area contributed by atoms with E-state index in [4.69, 9.17) is 10.2 Å². The molecule has 37 heavy (non-hydrogen) atoms. The minimum atomic E-state index is 0.139. The second kappa shape index (κ2) is 11.3. The number of hydrogen-bond acceptors (Lipinski definition) is 2. The first-order chi connectivity index (χ1) is 18.2. The van der Waals surface area contributed by atoms with Gasteiger partial charge in [0.25, 0.3) is 0 Å². The third-order valence-electron chi connectivity index (χ3n) is 6.72. The fraction of sp³-hybridized carbons (Fsp3) is 0.188. The van der Waals surface area contributed by atoms with E-state index < -0.39 is 0 Å². The van der Waals surface area contributed by atoms with E-state index in [-0.39, 0.29) is 13.2 Å². The second-order valence-corrected chi connectivity index (χ2v) is 9.15. The molecular weight excluding hydrogens is 458 g/mol. The molecule has 0 aliphatic heterocycles. The van der Waals surface area contributed by atoms with Crippen molar-refractivity contribution in [2.75, 3.05) is 13.2 Å². The molecule has 0 aliphatic carbocycles. The lowest BCUT2D eigenvalue weighted by molar-refractivity contribution is -0.698. The number of hydrogen-bond donors (Lipinski definition) is 2. The summed E-state index contributed by atoms with van der Waals surface area (Å²) < 4.78 is 6.32. The van der Waals surface area contributed by atoms with E-state index in [1.807, 2.05) is 33.9 Å². The van der Waals surface area contributed by atoms with Crippen molar-refractivity contribution in [3.05, 3.63) is 108 Å². The molecule has 0 fully saturated rings. The molecule has 0 saturated heterocycles. The number of rotatable bonds is 9. The number of aromatic nitrogens is 3. The average molecular weight is 492 g/mol. The maximum atomic E-state index is 9.10. The number of nitrogens with zero attached hydrogens (tertiary/aromatic N) is 3. The molecule has 0 unspecified atom stereocenters. The topological polar surface area (TPSA) is 53.2 Å². The first-order valence-electron chi connectivity index (χ1n) is 12.8. The van der Waals surface area contributed by atoms with Gasteiger partial charge >= 0.3 is 0 Å². The normalized spacial score (nSPS) is 12.0. The van der Waals surface area contributed by atoms with Gasteiger partial charge in [-0.2, -0.15) is 0 Å². The Morgan fingerprint density at radius 2 is 1.00 bits per heavy atom. The van der Waals surface area contributed by atoms with E-state index in [1.54, 1.807) is 0 Å². The highest BCUT2D eigenvalue weighted by molar-refractivity contribution is 6.09. The highest BCUT2D eigenvalue weighted by atomic mass is 16.3. The van der Waals surface area contributed by atoms with Crippen LogP contribution in [-0.2, 0) is 19.6 Å². The van der Waals surface area contributed by atoms with Gasteiger partial charge in [0.05, 0.1) is 0 Å². The Labute approximate surface area is 217 Å². The van der Waals surface area contributed by atoms with Gasteiger partial charge in [-0.1, -0.05) is 36.4 Å². The van der Waals surface area contributed by atoms with Gasteiger partial charge in [0, 0.05) is 52.6 Å². The molecule has 0 spiro atoms. The van der Waals surface area contributed by atoms with Crippen LogP contribution in [0.1, 0.15) is 29.2 Å². The summed E-state index contributed by atoms with van der Waals surface area (Å²) in [4.78, 5) is 0. The largest absolute Gasteiger partial charge is 0.390 e. The standard InChI is InChI=1S/C32H33N3O2/c1-2-35-31-9-7-27(5-3-25-11-15-33(16-12-25)19-21-36)23-29(31)30-24-28(8-10-32(30)35)6-4-26-13-17-34(18-14-26)20-22-37/h3-18,23-24,36-37H,2,19-22H2,1H3/q+2. The Hall–Kier alpha value is -4.06. The van der Waals surface area contributed by atoms with Crippen LogP contribution in [0.3, 0.4) is 0 Å². The van der Waals surface area contributed by atoms with E-state index in [1.165, 1.54) is 21.8 Å². The summed E-state index contributed by atoms with van der Waals surface area (Å²) >= 11 is 0. The zero-order chi connectivity index (χ0) is 25.6. The molecule has 5 heteroatoms. The molecule has 5 nitrogen and oxygen atoms in total. The number of aliphatic hydroxyl groups excluding tert-OH is 2. The lowest BCUT2D eigenvalue weighted by Crippen LogP contribution is -2.34. The van der Waals surface area contributed by atoms with Gasteiger partial charge in [-0.15, -0.1) is 0 Å². The van der Waals surface area contributed by atoms with Crippen LogP contribution in [-0.4, -0.2) is 28.0 Å². The Balaban J connectivity index is 1.45. The molecule has 5 aromatic rings. The van der Waals surface area contributed by atoms with Gasteiger partial charge in [0.2, 0.25) is 0 Å². The Bertz CT molecular complexity index is 1450. The van der Waals surface area contributed by atoms with E-state index in [9.17, 15) is 0 Å². The highest BCUT2D eigenvalue weighted by Crippen LogP contribution is 2.31. The first-order valence-corrected chi connectivity index (χ1v) is 12.8. The minimum absolute atomic E-state index is 0.139. The van der Waals surface area contributed by atoms with E-state index in [0.717, 1.165) is 28.8 Å². The molecule has 3 heterocycles. The van der Waals surface area contributed by atoms with E-state index in [2.05, 4.69) is 96.5 Å². The number of fused-ring (bicyclic) bond motifs is 3. The number of pyridine rings is 2. The van der Waals surface area contributed by atoms with Crippen LogP contribution in [0, 0.1) is 0 Å². The van der Waals surface area contributed by atoms with Crippen molar-refractivity contribution in [3.63, 3.8) is 0 Å². The smallest absolute Gasteiger partial charge is 0.171 e. The lowest BCUT2D eigenvalue weighted by Gasteiger charge is -2.03. The van der Waals surface area contributed by atoms with E-state index in [0.29, 0.717) is 13.1 Å². The van der Waals surface area contributed by atoms with Crippen molar-refractivity contribution in [1.29, 1.82) is 0 Å². The lowest BCUT2D eigenvalue weighted by atomic mass is 10.1. The molecule has 0 bridgehead atoms. The predicted octanol–water partition coefficient (Wildman–Crippen LogP) is 4.71. The first kappa shape index (κ1) is 24.6. The summed E-state index contributed by atoms with van der Waals surface area (Å²) in [6.07, 6.45) is 16.5. The summed E-state index contributed by atoms with van der Waals surface area (Å²) in [5.41, 5.74) is 7.07. The minimum Gasteiger partial charge on any atom is -0.390 e. The number of benzene rings is 2. The van der Waals surface area contributed by atoms with Crippen molar-refractivity contribution in [2.45, 2.75) is 26.6 Å². The Kier molecular flexibility index (Phi) is 7.54. The number of aliphatic hydroxyl groups is 2. The molecule has 0 radical (unpaired) electrons. The molecular formula is C32H33N3O2+2. The molecule has 0 saturated carbocycles. The van der Waals surface area contributed by atoms with Gasteiger partial charge in [-0.05, 0) is 53.4 Å². The predicted molar refractivity (Wildman–Crippen MR) is 150 cm³/mol. The SMILES string of the molecule is CCn1c2ccc(/C=C/c3cc[n+](CCO)cc3)cc2c2cc(/C=C/c3cc[n+](CCO)cc3)ccc21. The van der Waals surface area contributed by atoms with Gasteiger partial charge in [0.15, 0.2) is 37.9 Å². The van der Waals surface area contributed by atoms with Crippen molar-refractivity contribution in [3.8, 4) is 0 Å². The fourth-order valence-electron chi connectivity index (χ4n) is 4.76. The van der Waals surface area contributed by atoms with Gasteiger partial charge in [0.1, 0.15) is 13.2 Å². The third-order valence-corrected chi connectivity index (χ3v) is 6.72. The molecule has 3 aromatic heterocycles. The quantitative estimate of drug-likeness (QED) is 0.293. The Morgan fingerprint density at radius 3 is 1.38 bits per heavy atom. The van der Waals surface area contributed by atoms with Crippen molar-refractivity contribution < 1.29 is 19.3 Å². The average Bonchev–Trinajstić information content (AvgIpc) is 3.25. The van der Waals surface area contributed by atoms with Crippen LogP contribution in [0.25, 0.3) is 46.1 Å². The molecule has 0 aliphatic rings. The molecule has 2 N–H and O–H groups in total. The highest BCUT2D eigenvalue weighted by Gasteiger charge is 2.10. The summed E-state index contributed by atoms with van der Waals surface area (Å²) in [6.45, 7) is 4.60. The number of aryl methyl sites for hydroxylation is 1. The molecule has 2 aromatic carbocycles. The van der Waals surface area contributed by atoms with E-state index >= 15 is 0 Å². The second-order valence-electron chi connectivity index (χ2n) is 9.15. The van der Waals surface area contributed by atoms with Crippen LogP contribution in [0.2, 0.25) is 0 Å². The summed E-state index contributed by atoms with van der Waals surface area (Å²) in [5, 5.41) is 20.7. The summed E-state index contributed by atoms with van der Waals surface area (Å²) in [7, 11) is 0. The zero-order valence-corrected chi connectivity index (χ0v) is 21.2. The zero-order valence-electron chi connectivity index (χ0n) is 21.2.